The SMILES string of the molecule is O=C(C=CC(=O)OCCCCCCCCCCO)OCCCCCCCCCCO. The van der Waals surface area contributed by atoms with Crippen molar-refractivity contribution in [1.82, 2.24) is 0 Å². The maximum Gasteiger partial charge on any atom is 0.331 e. The molecule has 0 aliphatic carbocycles. The normalized spacial score (nSPS) is 11.1. The number of aliphatic hydroxyl groups is 2. The maximum atomic E-state index is 11.6. The highest BCUT2D eigenvalue weighted by Crippen LogP contribution is 2.09. The molecule has 0 aromatic carbocycles. The van der Waals surface area contributed by atoms with Gasteiger partial charge in [-0.2, -0.15) is 0 Å². The van der Waals surface area contributed by atoms with Crippen molar-refractivity contribution in [2.45, 2.75) is 103 Å². The molecule has 0 spiro atoms. The van der Waals surface area contributed by atoms with Gasteiger partial charge in [0, 0.05) is 25.4 Å². The Morgan fingerprint density at radius 1 is 0.467 bits per heavy atom. The van der Waals surface area contributed by atoms with Crippen LogP contribution in [0.5, 0.6) is 0 Å². The van der Waals surface area contributed by atoms with E-state index in [9.17, 15) is 9.59 Å². The van der Waals surface area contributed by atoms with Crippen LogP contribution in [0.2, 0.25) is 0 Å². The Bertz CT molecular complexity index is 384. The van der Waals surface area contributed by atoms with Gasteiger partial charge in [0.2, 0.25) is 0 Å². The first kappa shape index (κ1) is 28.6. The Hall–Kier alpha value is -1.40. The fraction of sp³-hybridized carbons (Fsp3) is 0.833. The topological polar surface area (TPSA) is 93.1 Å². The van der Waals surface area contributed by atoms with Crippen LogP contribution in [0.25, 0.3) is 0 Å². The Balaban J connectivity index is 3.41. The second kappa shape index (κ2) is 23.9. The number of rotatable bonds is 22. The van der Waals surface area contributed by atoms with Crippen molar-refractivity contribution in [3.8, 4) is 0 Å². The molecule has 176 valence electrons. The quantitative estimate of drug-likeness (QED) is 0.145. The second-order valence-corrected chi connectivity index (χ2v) is 7.77. The van der Waals surface area contributed by atoms with Gasteiger partial charge >= 0.3 is 11.9 Å². The average molecular weight is 429 g/mol. The number of carbonyl (C=O) groups is 2. The van der Waals surface area contributed by atoms with Crippen LogP contribution < -0.4 is 0 Å². The lowest BCUT2D eigenvalue weighted by atomic mass is 10.1. The summed E-state index contributed by atoms with van der Waals surface area (Å²) in [6.45, 7) is 1.32. The van der Waals surface area contributed by atoms with Gasteiger partial charge in [-0.15, -0.1) is 0 Å². The molecule has 6 nitrogen and oxygen atoms in total. The van der Waals surface area contributed by atoms with Crippen molar-refractivity contribution in [1.29, 1.82) is 0 Å². The van der Waals surface area contributed by atoms with E-state index in [-0.39, 0.29) is 13.2 Å². The number of hydrogen-bond donors (Lipinski definition) is 2. The molecule has 0 unspecified atom stereocenters. The fourth-order valence-corrected chi connectivity index (χ4v) is 3.13. The largest absolute Gasteiger partial charge is 0.463 e. The minimum Gasteiger partial charge on any atom is -0.463 e. The molecule has 0 saturated heterocycles. The van der Waals surface area contributed by atoms with E-state index in [1.165, 1.54) is 38.5 Å². The highest BCUT2D eigenvalue weighted by Gasteiger charge is 2.01. The summed E-state index contributed by atoms with van der Waals surface area (Å²) in [5, 5.41) is 17.4. The Morgan fingerprint density at radius 3 is 1.03 bits per heavy atom. The molecule has 6 heteroatoms. The third-order valence-electron chi connectivity index (χ3n) is 4.95. The fourth-order valence-electron chi connectivity index (χ4n) is 3.13. The predicted molar refractivity (Wildman–Crippen MR) is 119 cm³/mol. The van der Waals surface area contributed by atoms with E-state index in [1.54, 1.807) is 0 Å². The maximum absolute atomic E-state index is 11.6. The summed E-state index contributed by atoms with van der Waals surface area (Å²) < 4.78 is 10.2. The number of unbranched alkanes of at least 4 members (excludes halogenated alkanes) is 14. The summed E-state index contributed by atoms with van der Waals surface area (Å²) >= 11 is 0. The van der Waals surface area contributed by atoms with Gasteiger partial charge in [0.15, 0.2) is 0 Å². The number of ether oxygens (including phenoxy) is 2. The zero-order valence-corrected chi connectivity index (χ0v) is 18.8. The zero-order valence-electron chi connectivity index (χ0n) is 18.8. The van der Waals surface area contributed by atoms with Gasteiger partial charge < -0.3 is 19.7 Å². The third-order valence-corrected chi connectivity index (χ3v) is 4.95. The summed E-state index contributed by atoms with van der Waals surface area (Å²) in [4.78, 5) is 23.1. The molecule has 0 heterocycles. The standard InChI is InChI=1S/C24H44O6/c25-19-13-9-5-1-3-7-11-15-21-29-23(27)17-18-24(28)30-22-16-12-8-4-2-6-10-14-20-26/h17-18,25-26H,1-16,19-22H2. The minimum atomic E-state index is -0.503. The van der Waals surface area contributed by atoms with Gasteiger partial charge in [-0.25, -0.2) is 9.59 Å². The molecule has 0 aromatic rings. The van der Waals surface area contributed by atoms with Crippen molar-refractivity contribution >= 4 is 11.9 Å². The van der Waals surface area contributed by atoms with Crippen LogP contribution in [0.3, 0.4) is 0 Å². The molecular weight excluding hydrogens is 384 g/mol. The highest BCUT2D eigenvalue weighted by molar-refractivity contribution is 5.91. The molecule has 30 heavy (non-hydrogen) atoms. The molecule has 0 aromatic heterocycles. The summed E-state index contributed by atoms with van der Waals surface area (Å²) in [6, 6.07) is 0. The van der Waals surface area contributed by atoms with Crippen LogP contribution in [0.1, 0.15) is 103 Å². The Kier molecular flexibility index (Phi) is 22.8. The van der Waals surface area contributed by atoms with Crippen molar-refractivity contribution < 1.29 is 29.3 Å². The molecule has 0 rings (SSSR count). The molecule has 2 N–H and O–H groups in total. The summed E-state index contributed by atoms with van der Waals surface area (Å²) in [5.41, 5.74) is 0. The molecule has 0 atom stereocenters. The zero-order chi connectivity index (χ0) is 22.1. The van der Waals surface area contributed by atoms with Gasteiger partial charge in [0.05, 0.1) is 13.2 Å². The number of hydrogen-bond acceptors (Lipinski definition) is 6. The minimum absolute atomic E-state index is 0.283. The smallest absolute Gasteiger partial charge is 0.331 e. The first-order valence-electron chi connectivity index (χ1n) is 11.9. The lowest BCUT2D eigenvalue weighted by Crippen LogP contribution is -2.06. The second-order valence-electron chi connectivity index (χ2n) is 7.77. The van der Waals surface area contributed by atoms with E-state index in [0.29, 0.717) is 13.2 Å². The van der Waals surface area contributed by atoms with Crippen LogP contribution in [0.15, 0.2) is 12.2 Å². The van der Waals surface area contributed by atoms with E-state index < -0.39 is 11.9 Å². The first-order chi connectivity index (χ1) is 14.7. The summed E-state index contributed by atoms with van der Waals surface area (Å²) in [5.74, 6) is -1.01. The molecule has 0 amide bonds. The number of carbonyl (C=O) groups excluding carboxylic acids is 2. The molecule has 0 saturated carbocycles. The van der Waals surface area contributed by atoms with E-state index in [1.807, 2.05) is 0 Å². The predicted octanol–water partition coefficient (Wildman–Crippen LogP) is 4.86. The number of esters is 2. The molecule has 0 aliphatic rings. The van der Waals surface area contributed by atoms with Crippen molar-refractivity contribution in [3.05, 3.63) is 12.2 Å². The van der Waals surface area contributed by atoms with Crippen LogP contribution in [-0.4, -0.2) is 48.6 Å². The van der Waals surface area contributed by atoms with E-state index in [4.69, 9.17) is 19.7 Å². The molecule has 0 aliphatic heterocycles. The van der Waals surface area contributed by atoms with Gasteiger partial charge in [-0.05, 0) is 25.7 Å². The van der Waals surface area contributed by atoms with Crippen LogP contribution in [-0.2, 0) is 19.1 Å². The van der Waals surface area contributed by atoms with Gasteiger partial charge in [0.25, 0.3) is 0 Å². The van der Waals surface area contributed by atoms with Gasteiger partial charge in [0.1, 0.15) is 0 Å². The monoisotopic (exact) mass is 428 g/mol. The lowest BCUT2D eigenvalue weighted by Gasteiger charge is -2.04. The average Bonchev–Trinajstić information content (AvgIpc) is 2.75. The van der Waals surface area contributed by atoms with E-state index in [0.717, 1.165) is 76.4 Å². The van der Waals surface area contributed by atoms with Gasteiger partial charge in [-0.1, -0.05) is 77.0 Å². The lowest BCUT2D eigenvalue weighted by molar-refractivity contribution is -0.140. The van der Waals surface area contributed by atoms with E-state index >= 15 is 0 Å². The Morgan fingerprint density at radius 2 is 0.733 bits per heavy atom. The van der Waals surface area contributed by atoms with E-state index in [2.05, 4.69) is 0 Å². The summed E-state index contributed by atoms with van der Waals surface area (Å²) in [7, 11) is 0. The summed E-state index contributed by atoms with van der Waals surface area (Å²) in [6.07, 6.45) is 19.3. The van der Waals surface area contributed by atoms with Crippen molar-refractivity contribution in [2.24, 2.45) is 0 Å². The number of aliphatic hydroxyl groups excluding tert-OH is 2. The molecule has 0 bridgehead atoms. The van der Waals surface area contributed by atoms with Gasteiger partial charge in [-0.3, -0.25) is 0 Å². The van der Waals surface area contributed by atoms with Crippen LogP contribution in [0.4, 0.5) is 0 Å². The molecular formula is C24H44O6. The Labute approximate surface area is 183 Å². The van der Waals surface area contributed by atoms with Crippen LogP contribution >= 0.6 is 0 Å². The molecule has 0 fully saturated rings. The molecule has 0 radical (unpaired) electrons. The third kappa shape index (κ3) is 22.9. The van der Waals surface area contributed by atoms with Crippen molar-refractivity contribution in [3.63, 3.8) is 0 Å². The highest BCUT2D eigenvalue weighted by atomic mass is 16.5. The van der Waals surface area contributed by atoms with Crippen molar-refractivity contribution in [2.75, 3.05) is 26.4 Å². The first-order valence-corrected chi connectivity index (χ1v) is 11.9. The van der Waals surface area contributed by atoms with Crippen LogP contribution in [0, 0.1) is 0 Å².